The number of H-pyrrole nitrogens is 1. The van der Waals surface area contributed by atoms with Crippen molar-refractivity contribution in [3.63, 3.8) is 0 Å². The van der Waals surface area contributed by atoms with E-state index in [2.05, 4.69) is 49.0 Å². The smallest absolute Gasteiger partial charge is 0.192 e. The maximum Gasteiger partial charge on any atom is 0.192 e. The average Bonchev–Trinajstić information content (AvgIpc) is 2.46. The third-order valence-electron chi connectivity index (χ3n) is 3.01. The number of aromatic nitrogens is 3. The molecule has 0 saturated heterocycles. The monoisotopic (exact) mass is 227 g/mol. The van der Waals surface area contributed by atoms with Crippen molar-refractivity contribution in [1.29, 1.82) is 0 Å². The molecular formula is C10H21N3OSi. The molecule has 0 amide bonds. The van der Waals surface area contributed by atoms with Crippen molar-refractivity contribution >= 4 is 8.32 Å². The van der Waals surface area contributed by atoms with Crippen molar-refractivity contribution in [1.82, 2.24) is 15.2 Å². The lowest BCUT2D eigenvalue weighted by Gasteiger charge is -2.35. The standard InChI is InChI=1S/C10H21N3OSi/c1-8-11-9(13-12-8)7-14-15(5,6)10(2,3)4/h7H2,1-6H3,(H,11,12,13). The average molecular weight is 227 g/mol. The highest BCUT2D eigenvalue weighted by molar-refractivity contribution is 6.74. The van der Waals surface area contributed by atoms with E-state index in [1.807, 2.05) is 6.92 Å². The molecule has 0 spiro atoms. The van der Waals surface area contributed by atoms with Crippen LogP contribution in [0.15, 0.2) is 0 Å². The summed E-state index contributed by atoms with van der Waals surface area (Å²) in [7, 11) is -1.67. The van der Waals surface area contributed by atoms with Crippen molar-refractivity contribution in [2.24, 2.45) is 0 Å². The fourth-order valence-corrected chi connectivity index (χ4v) is 1.84. The van der Waals surface area contributed by atoms with Crippen LogP contribution >= 0.6 is 0 Å². The van der Waals surface area contributed by atoms with Crippen LogP contribution in [0.2, 0.25) is 18.1 Å². The van der Waals surface area contributed by atoms with Gasteiger partial charge in [0.05, 0.1) is 6.61 Å². The second kappa shape index (κ2) is 4.06. The molecule has 0 saturated carbocycles. The predicted octanol–water partition coefficient (Wildman–Crippen LogP) is 2.63. The third-order valence-corrected chi connectivity index (χ3v) is 7.49. The van der Waals surface area contributed by atoms with Crippen LogP contribution in [0.4, 0.5) is 0 Å². The Labute approximate surface area is 92.6 Å². The Bertz CT molecular complexity index is 328. The summed E-state index contributed by atoms with van der Waals surface area (Å²) < 4.78 is 5.99. The second-order valence-corrected chi connectivity index (χ2v) is 10.2. The molecule has 0 aliphatic carbocycles. The molecule has 86 valence electrons. The van der Waals surface area contributed by atoms with Crippen LogP contribution in [0.1, 0.15) is 32.4 Å². The van der Waals surface area contributed by atoms with Gasteiger partial charge in [-0.2, -0.15) is 5.10 Å². The summed E-state index contributed by atoms with van der Waals surface area (Å²) in [5.41, 5.74) is 0. The minimum atomic E-state index is -1.67. The van der Waals surface area contributed by atoms with E-state index in [1.54, 1.807) is 0 Å². The number of hydrogen-bond donors (Lipinski definition) is 1. The van der Waals surface area contributed by atoms with Crippen molar-refractivity contribution in [2.75, 3.05) is 0 Å². The van der Waals surface area contributed by atoms with Crippen LogP contribution in [-0.4, -0.2) is 23.5 Å². The molecule has 0 radical (unpaired) electrons. The van der Waals surface area contributed by atoms with Gasteiger partial charge in [-0.15, -0.1) is 0 Å². The van der Waals surface area contributed by atoms with Gasteiger partial charge in [0.2, 0.25) is 0 Å². The summed E-state index contributed by atoms with van der Waals surface area (Å²) in [5.74, 6) is 1.58. The first-order valence-electron chi connectivity index (χ1n) is 5.24. The Morgan fingerprint density at radius 3 is 2.33 bits per heavy atom. The zero-order chi connectivity index (χ0) is 11.7. The molecule has 5 heteroatoms. The summed E-state index contributed by atoms with van der Waals surface area (Å²) in [6, 6.07) is 0. The number of aryl methyl sites for hydroxylation is 1. The molecule has 0 unspecified atom stereocenters. The van der Waals surface area contributed by atoms with E-state index in [0.29, 0.717) is 6.61 Å². The molecule has 1 aromatic heterocycles. The molecule has 15 heavy (non-hydrogen) atoms. The third kappa shape index (κ3) is 3.14. The molecule has 0 aromatic carbocycles. The van der Waals surface area contributed by atoms with Gasteiger partial charge in [-0.1, -0.05) is 20.8 Å². The van der Waals surface area contributed by atoms with Crippen LogP contribution in [0.25, 0.3) is 0 Å². The largest absolute Gasteiger partial charge is 0.409 e. The molecule has 1 rings (SSSR count). The summed E-state index contributed by atoms with van der Waals surface area (Å²) >= 11 is 0. The van der Waals surface area contributed by atoms with Gasteiger partial charge in [0.25, 0.3) is 0 Å². The number of nitrogens with zero attached hydrogens (tertiary/aromatic N) is 2. The van der Waals surface area contributed by atoms with E-state index in [-0.39, 0.29) is 5.04 Å². The van der Waals surface area contributed by atoms with Gasteiger partial charge in [0.15, 0.2) is 14.1 Å². The molecule has 0 aliphatic heterocycles. The summed E-state index contributed by atoms with van der Waals surface area (Å²) in [5, 5.41) is 7.11. The lowest BCUT2D eigenvalue weighted by atomic mass is 10.2. The van der Waals surface area contributed by atoms with Crippen molar-refractivity contribution in [2.45, 2.75) is 52.4 Å². The molecule has 0 atom stereocenters. The topological polar surface area (TPSA) is 50.8 Å². The molecule has 1 N–H and O–H groups in total. The van der Waals surface area contributed by atoms with Crippen molar-refractivity contribution in [3.8, 4) is 0 Å². The highest BCUT2D eigenvalue weighted by Crippen LogP contribution is 2.36. The molecule has 0 fully saturated rings. The van der Waals surface area contributed by atoms with Gasteiger partial charge in [0.1, 0.15) is 5.82 Å². The first kappa shape index (κ1) is 12.4. The lowest BCUT2D eigenvalue weighted by Crippen LogP contribution is -2.40. The van der Waals surface area contributed by atoms with Crippen LogP contribution in [-0.2, 0) is 11.0 Å². The molecule has 1 aromatic rings. The Morgan fingerprint density at radius 2 is 1.93 bits per heavy atom. The van der Waals surface area contributed by atoms with Crippen LogP contribution in [0.5, 0.6) is 0 Å². The SMILES string of the molecule is Cc1nc(CO[Si](C)(C)C(C)(C)C)n[nH]1. The second-order valence-electron chi connectivity index (χ2n) is 5.39. The maximum atomic E-state index is 5.99. The number of aromatic amines is 1. The molecule has 1 heterocycles. The van der Waals surface area contributed by atoms with Crippen LogP contribution < -0.4 is 0 Å². The van der Waals surface area contributed by atoms with Gasteiger partial charge in [-0.3, -0.25) is 5.10 Å². The normalized spacial score (nSPS) is 13.2. The fraction of sp³-hybridized carbons (Fsp3) is 0.800. The quantitative estimate of drug-likeness (QED) is 0.808. The zero-order valence-electron chi connectivity index (χ0n) is 10.5. The summed E-state index contributed by atoms with van der Waals surface area (Å²) in [6.45, 7) is 13.5. The predicted molar refractivity (Wildman–Crippen MR) is 63.1 cm³/mol. The van der Waals surface area contributed by atoms with Crippen molar-refractivity contribution in [3.05, 3.63) is 11.6 Å². The van der Waals surface area contributed by atoms with E-state index < -0.39 is 8.32 Å². The zero-order valence-corrected chi connectivity index (χ0v) is 11.5. The Morgan fingerprint density at radius 1 is 1.33 bits per heavy atom. The van der Waals surface area contributed by atoms with Gasteiger partial charge >= 0.3 is 0 Å². The molecule has 0 bridgehead atoms. The van der Waals surface area contributed by atoms with E-state index in [9.17, 15) is 0 Å². The summed E-state index contributed by atoms with van der Waals surface area (Å²) in [6.07, 6.45) is 0. The van der Waals surface area contributed by atoms with Gasteiger partial charge < -0.3 is 4.43 Å². The first-order chi connectivity index (χ1) is 6.72. The van der Waals surface area contributed by atoms with Crippen LogP contribution in [0, 0.1) is 6.92 Å². The first-order valence-corrected chi connectivity index (χ1v) is 8.15. The number of hydrogen-bond acceptors (Lipinski definition) is 3. The van der Waals surface area contributed by atoms with Crippen LogP contribution in [0.3, 0.4) is 0 Å². The van der Waals surface area contributed by atoms with Gasteiger partial charge in [-0.25, -0.2) is 4.98 Å². The number of rotatable bonds is 3. The molecule has 0 aliphatic rings. The van der Waals surface area contributed by atoms with Crippen molar-refractivity contribution < 1.29 is 4.43 Å². The Balaban J connectivity index is 2.57. The Kier molecular flexibility index (Phi) is 3.35. The molecule has 4 nitrogen and oxygen atoms in total. The number of nitrogens with one attached hydrogen (secondary N) is 1. The minimum absolute atomic E-state index is 0.234. The van der Waals surface area contributed by atoms with Gasteiger partial charge in [0, 0.05) is 0 Å². The highest BCUT2D eigenvalue weighted by Gasteiger charge is 2.37. The van der Waals surface area contributed by atoms with Gasteiger partial charge in [-0.05, 0) is 25.1 Å². The Hall–Kier alpha value is -0.683. The minimum Gasteiger partial charge on any atom is -0.409 e. The van der Waals surface area contributed by atoms with E-state index >= 15 is 0 Å². The highest BCUT2D eigenvalue weighted by atomic mass is 28.4. The van der Waals surface area contributed by atoms with E-state index in [0.717, 1.165) is 11.6 Å². The fourth-order valence-electron chi connectivity index (χ4n) is 0.915. The van der Waals surface area contributed by atoms with E-state index in [1.165, 1.54) is 0 Å². The van der Waals surface area contributed by atoms with E-state index in [4.69, 9.17) is 4.43 Å². The maximum absolute atomic E-state index is 5.99. The lowest BCUT2D eigenvalue weighted by molar-refractivity contribution is 0.267. The summed E-state index contributed by atoms with van der Waals surface area (Å²) in [4.78, 5) is 4.23. The molecular weight excluding hydrogens is 206 g/mol.